The average molecular weight is 445 g/mol. The maximum atomic E-state index is 6.95. The number of aromatic nitrogens is 4. The van der Waals surface area contributed by atoms with Crippen LogP contribution < -0.4 is 0 Å². The highest BCUT2D eigenvalue weighted by Crippen LogP contribution is 2.37. The Labute approximate surface area is 192 Å². The van der Waals surface area contributed by atoms with Crippen LogP contribution in [0.25, 0.3) is 33.5 Å². The lowest BCUT2D eigenvalue weighted by atomic mass is 10.1. The van der Waals surface area contributed by atoms with Gasteiger partial charge in [0.1, 0.15) is 11.4 Å². The third kappa shape index (κ3) is 3.87. The number of halogens is 1. The Hall–Kier alpha value is -3.22. The third-order valence-electron chi connectivity index (χ3n) is 6.02. The van der Waals surface area contributed by atoms with Crippen LogP contribution in [0.2, 0.25) is 5.02 Å². The molecular weight excluding hydrogens is 420 g/mol. The van der Waals surface area contributed by atoms with Crippen LogP contribution in [0.5, 0.6) is 0 Å². The molecule has 0 bridgehead atoms. The minimum absolute atomic E-state index is 0.583. The number of likely N-dealkylation sites (N-methyl/N-ethyl adjacent to an activating group) is 1. The van der Waals surface area contributed by atoms with Crippen LogP contribution in [0.3, 0.4) is 0 Å². The van der Waals surface area contributed by atoms with Crippen LogP contribution in [0, 0.1) is 0 Å². The van der Waals surface area contributed by atoms with Crippen molar-refractivity contribution in [2.45, 2.75) is 6.54 Å². The molecule has 32 heavy (non-hydrogen) atoms. The van der Waals surface area contributed by atoms with Crippen LogP contribution in [0.1, 0.15) is 0 Å². The van der Waals surface area contributed by atoms with Gasteiger partial charge in [0.2, 0.25) is 0 Å². The summed E-state index contributed by atoms with van der Waals surface area (Å²) >= 11 is 6.95. The second kappa shape index (κ2) is 8.73. The number of hydrogen-bond acceptors (Lipinski definition) is 5. The van der Waals surface area contributed by atoms with E-state index in [9.17, 15) is 0 Å². The van der Waals surface area contributed by atoms with Crippen LogP contribution in [0.4, 0.5) is 0 Å². The first kappa shape index (κ1) is 20.7. The normalized spacial score (nSPS) is 14.9. The van der Waals surface area contributed by atoms with Crippen molar-refractivity contribution >= 4 is 22.6 Å². The second-order valence-corrected chi connectivity index (χ2v) is 8.51. The molecule has 0 unspecified atom stereocenters. The highest BCUT2D eigenvalue weighted by Gasteiger charge is 2.22. The van der Waals surface area contributed by atoms with E-state index in [0.29, 0.717) is 22.9 Å². The fourth-order valence-corrected chi connectivity index (χ4v) is 4.41. The molecule has 0 saturated carbocycles. The van der Waals surface area contributed by atoms with Crippen LogP contribution in [0.15, 0.2) is 72.9 Å². The number of hydrogen-bond donors (Lipinski definition) is 0. The Morgan fingerprint density at radius 1 is 0.875 bits per heavy atom. The Morgan fingerprint density at radius 3 is 2.19 bits per heavy atom. The maximum Gasteiger partial charge on any atom is 0.182 e. The van der Waals surface area contributed by atoms with Crippen molar-refractivity contribution in [3.05, 3.63) is 78.0 Å². The standard InChI is InChI=1S/C25H25ClN6/c1-18-17-31(14-13-30(18)2)15-16-32-25-21(23(29-32)19-9-5-3-6-10-19)22(26)24(27-28-25)20-11-7-4-8-12-20/h3-12H,1,13-17H2,2H3. The summed E-state index contributed by atoms with van der Waals surface area (Å²) in [5.74, 6) is 0. The highest BCUT2D eigenvalue weighted by molar-refractivity contribution is 6.38. The molecule has 0 aliphatic carbocycles. The van der Waals surface area contributed by atoms with Crippen LogP contribution >= 0.6 is 11.6 Å². The SMILES string of the molecule is C=C1CN(CCn2nc(-c3ccccc3)c3c(Cl)c(-c4ccccc4)nnc32)CCN1C. The Bertz CT molecular complexity index is 1250. The average Bonchev–Trinajstić information content (AvgIpc) is 3.21. The van der Waals surface area contributed by atoms with Gasteiger partial charge in [-0.1, -0.05) is 78.8 Å². The molecule has 162 valence electrons. The monoisotopic (exact) mass is 444 g/mol. The molecular formula is C25H25ClN6. The zero-order valence-electron chi connectivity index (χ0n) is 18.1. The maximum absolute atomic E-state index is 6.95. The van der Waals surface area contributed by atoms with E-state index in [1.165, 1.54) is 0 Å². The lowest BCUT2D eigenvalue weighted by Crippen LogP contribution is -2.43. The molecule has 2 aromatic heterocycles. The second-order valence-electron chi connectivity index (χ2n) is 8.13. The minimum atomic E-state index is 0.583. The number of piperazine rings is 1. The van der Waals surface area contributed by atoms with Crippen molar-refractivity contribution in [1.29, 1.82) is 0 Å². The van der Waals surface area contributed by atoms with E-state index in [1.807, 2.05) is 53.2 Å². The summed E-state index contributed by atoms with van der Waals surface area (Å²) in [6.45, 7) is 8.59. The number of benzene rings is 2. The Kier molecular flexibility index (Phi) is 5.64. The molecule has 1 saturated heterocycles. The van der Waals surface area contributed by atoms with E-state index in [4.69, 9.17) is 16.7 Å². The van der Waals surface area contributed by atoms with Crippen molar-refractivity contribution in [3.63, 3.8) is 0 Å². The fourth-order valence-electron chi connectivity index (χ4n) is 4.09. The molecule has 0 atom stereocenters. The molecule has 0 spiro atoms. The summed E-state index contributed by atoms with van der Waals surface area (Å²) in [4.78, 5) is 4.61. The molecule has 0 radical (unpaired) electrons. The number of fused-ring (bicyclic) bond motifs is 1. The van der Waals surface area contributed by atoms with Gasteiger partial charge in [0.05, 0.1) is 17.0 Å². The molecule has 7 heteroatoms. The van der Waals surface area contributed by atoms with Gasteiger partial charge in [-0.15, -0.1) is 10.2 Å². The summed E-state index contributed by atoms with van der Waals surface area (Å²) in [5, 5.41) is 15.4. The first-order valence-electron chi connectivity index (χ1n) is 10.8. The van der Waals surface area contributed by atoms with Gasteiger partial charge in [0.15, 0.2) is 5.65 Å². The molecule has 2 aromatic carbocycles. The summed E-state index contributed by atoms with van der Waals surface area (Å²) in [5.41, 5.74) is 5.31. The molecule has 6 nitrogen and oxygen atoms in total. The van der Waals surface area contributed by atoms with E-state index >= 15 is 0 Å². The molecule has 1 aliphatic rings. The third-order valence-corrected chi connectivity index (χ3v) is 6.39. The first-order valence-corrected chi connectivity index (χ1v) is 11.1. The first-order chi connectivity index (χ1) is 15.6. The van der Waals surface area contributed by atoms with E-state index in [2.05, 4.69) is 45.8 Å². The van der Waals surface area contributed by atoms with Crippen molar-refractivity contribution in [2.75, 3.05) is 33.2 Å². The van der Waals surface area contributed by atoms with E-state index in [0.717, 1.165) is 54.1 Å². The summed E-state index contributed by atoms with van der Waals surface area (Å²) in [6.07, 6.45) is 0. The van der Waals surface area contributed by atoms with Crippen molar-refractivity contribution in [2.24, 2.45) is 0 Å². The highest BCUT2D eigenvalue weighted by atomic mass is 35.5. The lowest BCUT2D eigenvalue weighted by molar-refractivity contribution is 0.190. The van der Waals surface area contributed by atoms with Crippen molar-refractivity contribution in [3.8, 4) is 22.5 Å². The van der Waals surface area contributed by atoms with Gasteiger partial charge in [0, 0.05) is 50.1 Å². The molecule has 5 rings (SSSR count). The van der Waals surface area contributed by atoms with Gasteiger partial charge in [-0.25, -0.2) is 4.68 Å². The van der Waals surface area contributed by atoms with Crippen molar-refractivity contribution in [1.82, 2.24) is 29.8 Å². The lowest BCUT2D eigenvalue weighted by Gasteiger charge is -2.35. The van der Waals surface area contributed by atoms with Gasteiger partial charge in [-0.3, -0.25) is 4.90 Å². The van der Waals surface area contributed by atoms with Gasteiger partial charge in [-0.2, -0.15) is 5.10 Å². The van der Waals surface area contributed by atoms with Crippen LogP contribution in [-0.4, -0.2) is 63.0 Å². The summed E-state index contributed by atoms with van der Waals surface area (Å²) in [6, 6.07) is 20.0. The summed E-state index contributed by atoms with van der Waals surface area (Å²) in [7, 11) is 2.09. The zero-order valence-corrected chi connectivity index (χ0v) is 18.8. The van der Waals surface area contributed by atoms with Gasteiger partial charge < -0.3 is 4.90 Å². The van der Waals surface area contributed by atoms with Crippen LogP contribution in [-0.2, 0) is 6.54 Å². The predicted molar refractivity (Wildman–Crippen MR) is 129 cm³/mol. The molecule has 0 N–H and O–H groups in total. The zero-order chi connectivity index (χ0) is 22.1. The molecule has 3 heterocycles. The molecule has 1 fully saturated rings. The molecule has 4 aromatic rings. The smallest absolute Gasteiger partial charge is 0.182 e. The topological polar surface area (TPSA) is 50.1 Å². The minimum Gasteiger partial charge on any atom is -0.376 e. The van der Waals surface area contributed by atoms with E-state index < -0.39 is 0 Å². The van der Waals surface area contributed by atoms with E-state index in [-0.39, 0.29) is 0 Å². The van der Waals surface area contributed by atoms with E-state index in [1.54, 1.807) is 0 Å². The Morgan fingerprint density at radius 2 is 1.53 bits per heavy atom. The Balaban J connectivity index is 1.55. The fraction of sp³-hybridized carbons (Fsp3) is 0.240. The quantitative estimate of drug-likeness (QED) is 0.451. The van der Waals surface area contributed by atoms with Crippen molar-refractivity contribution < 1.29 is 0 Å². The summed E-state index contributed by atoms with van der Waals surface area (Å²) < 4.78 is 1.94. The predicted octanol–water partition coefficient (Wildman–Crippen LogP) is 4.57. The molecule has 0 amide bonds. The largest absolute Gasteiger partial charge is 0.376 e. The van der Waals surface area contributed by atoms with Gasteiger partial charge in [-0.05, 0) is 0 Å². The van der Waals surface area contributed by atoms with Gasteiger partial charge in [0.25, 0.3) is 0 Å². The molecule has 1 aliphatic heterocycles. The van der Waals surface area contributed by atoms with Gasteiger partial charge >= 0.3 is 0 Å². The number of nitrogens with zero attached hydrogens (tertiary/aromatic N) is 6. The number of rotatable bonds is 5.